The minimum atomic E-state index is -0.831. The van der Waals surface area contributed by atoms with Crippen molar-refractivity contribution in [2.24, 2.45) is 0 Å². The van der Waals surface area contributed by atoms with Crippen LogP contribution < -0.4 is 5.32 Å². The summed E-state index contributed by atoms with van der Waals surface area (Å²) >= 11 is 1.57. The Hall–Kier alpha value is -2.18. The highest BCUT2D eigenvalue weighted by atomic mass is 35.5. The summed E-state index contributed by atoms with van der Waals surface area (Å²) < 4.78 is 0. The number of carboxylic acids is 1. The van der Waals surface area contributed by atoms with Gasteiger partial charge in [-0.2, -0.15) is 0 Å². The number of thiophene rings is 1. The van der Waals surface area contributed by atoms with Crippen LogP contribution in [0.15, 0.2) is 36.0 Å². The standard InChI is InChI=1S/C18H19N3O2S.ClH/c1-11(2)12-3-5-13(6-4-12)14-9-24-18-16(14)17(20-10-21-18)19-8-7-15(22)23;/h3-6,9-11H,7-8H2,1-2H3,(H,22,23)(H,19,20,21);1H. The lowest BCUT2D eigenvalue weighted by Gasteiger charge is -2.09. The van der Waals surface area contributed by atoms with E-state index in [9.17, 15) is 4.79 Å². The summed E-state index contributed by atoms with van der Waals surface area (Å²) in [5, 5.41) is 14.9. The molecule has 2 heterocycles. The number of hydrogen-bond acceptors (Lipinski definition) is 5. The fraction of sp³-hybridized carbons (Fsp3) is 0.278. The van der Waals surface area contributed by atoms with E-state index in [1.807, 2.05) is 0 Å². The van der Waals surface area contributed by atoms with Gasteiger partial charge in [0, 0.05) is 17.5 Å². The maximum atomic E-state index is 10.7. The Balaban J connectivity index is 0.00000225. The second-order valence-electron chi connectivity index (χ2n) is 5.90. The van der Waals surface area contributed by atoms with Crippen LogP contribution in [-0.2, 0) is 4.79 Å². The molecule has 0 spiro atoms. The maximum Gasteiger partial charge on any atom is 0.305 e. The molecule has 0 amide bonds. The summed E-state index contributed by atoms with van der Waals surface area (Å²) in [4.78, 5) is 20.2. The molecule has 0 saturated heterocycles. The second-order valence-corrected chi connectivity index (χ2v) is 6.76. The highest BCUT2D eigenvalue weighted by molar-refractivity contribution is 7.17. The molecule has 132 valence electrons. The fourth-order valence-electron chi connectivity index (χ4n) is 2.56. The van der Waals surface area contributed by atoms with Gasteiger partial charge in [-0.3, -0.25) is 4.79 Å². The van der Waals surface area contributed by atoms with E-state index >= 15 is 0 Å². The van der Waals surface area contributed by atoms with Crippen LogP contribution in [-0.4, -0.2) is 27.6 Å². The predicted octanol–water partition coefficient (Wildman–Crippen LogP) is 4.79. The van der Waals surface area contributed by atoms with Crippen LogP contribution in [0.4, 0.5) is 5.82 Å². The molecule has 0 saturated carbocycles. The maximum absolute atomic E-state index is 10.7. The van der Waals surface area contributed by atoms with E-state index in [1.165, 1.54) is 11.9 Å². The fourth-order valence-corrected chi connectivity index (χ4v) is 3.47. The first kappa shape index (κ1) is 19.1. The zero-order valence-electron chi connectivity index (χ0n) is 14.0. The summed E-state index contributed by atoms with van der Waals surface area (Å²) in [6, 6.07) is 8.52. The van der Waals surface area contributed by atoms with E-state index in [-0.39, 0.29) is 18.8 Å². The van der Waals surface area contributed by atoms with Crippen molar-refractivity contribution in [3.63, 3.8) is 0 Å². The number of anilines is 1. The van der Waals surface area contributed by atoms with Gasteiger partial charge in [-0.25, -0.2) is 9.97 Å². The molecule has 0 radical (unpaired) electrons. The average molecular weight is 378 g/mol. The average Bonchev–Trinajstić information content (AvgIpc) is 2.99. The number of nitrogens with one attached hydrogen (secondary N) is 1. The van der Waals surface area contributed by atoms with Gasteiger partial charge in [-0.05, 0) is 17.0 Å². The Morgan fingerprint density at radius 3 is 2.60 bits per heavy atom. The number of fused-ring (bicyclic) bond motifs is 1. The van der Waals surface area contributed by atoms with Crippen molar-refractivity contribution < 1.29 is 9.90 Å². The van der Waals surface area contributed by atoms with E-state index in [2.05, 4.69) is 58.8 Å². The SMILES string of the molecule is CC(C)c1ccc(-c2csc3ncnc(NCCC(=O)O)c23)cc1.Cl. The van der Waals surface area contributed by atoms with Crippen LogP contribution in [0.2, 0.25) is 0 Å². The molecule has 0 fully saturated rings. The number of aromatic nitrogens is 2. The summed E-state index contributed by atoms with van der Waals surface area (Å²) in [6.45, 7) is 4.68. The van der Waals surface area contributed by atoms with E-state index in [4.69, 9.17) is 5.11 Å². The zero-order valence-corrected chi connectivity index (χ0v) is 15.7. The Kier molecular flexibility index (Phi) is 6.33. The highest BCUT2D eigenvalue weighted by Gasteiger charge is 2.13. The molecule has 0 aliphatic carbocycles. The lowest BCUT2D eigenvalue weighted by molar-refractivity contribution is -0.136. The molecule has 5 nitrogen and oxygen atoms in total. The molecular formula is C18H20ClN3O2S. The lowest BCUT2D eigenvalue weighted by Crippen LogP contribution is -2.09. The molecule has 0 bridgehead atoms. The van der Waals surface area contributed by atoms with Crippen molar-refractivity contribution in [1.29, 1.82) is 0 Å². The first-order valence-electron chi connectivity index (χ1n) is 7.84. The molecule has 25 heavy (non-hydrogen) atoms. The van der Waals surface area contributed by atoms with Crippen molar-refractivity contribution in [2.75, 3.05) is 11.9 Å². The predicted molar refractivity (Wildman–Crippen MR) is 105 cm³/mol. The molecule has 0 unspecified atom stereocenters. The quantitative estimate of drug-likeness (QED) is 0.645. The van der Waals surface area contributed by atoms with Crippen LogP contribution >= 0.6 is 23.7 Å². The molecule has 2 aromatic heterocycles. The van der Waals surface area contributed by atoms with Gasteiger partial charge in [0.05, 0.1) is 11.8 Å². The molecule has 7 heteroatoms. The Labute approximate surface area is 156 Å². The van der Waals surface area contributed by atoms with Gasteiger partial charge < -0.3 is 10.4 Å². The number of hydrogen-bond donors (Lipinski definition) is 2. The summed E-state index contributed by atoms with van der Waals surface area (Å²) in [6.07, 6.45) is 1.56. The van der Waals surface area contributed by atoms with Gasteiger partial charge in [-0.15, -0.1) is 23.7 Å². The minimum Gasteiger partial charge on any atom is -0.481 e. The summed E-state index contributed by atoms with van der Waals surface area (Å²) in [7, 11) is 0. The number of carbonyl (C=O) groups is 1. The molecule has 2 N–H and O–H groups in total. The van der Waals surface area contributed by atoms with Crippen LogP contribution in [0.5, 0.6) is 0 Å². The van der Waals surface area contributed by atoms with Crippen molar-refractivity contribution >= 4 is 45.7 Å². The van der Waals surface area contributed by atoms with Crippen molar-refractivity contribution in [3.8, 4) is 11.1 Å². The van der Waals surface area contributed by atoms with Crippen LogP contribution in [0.1, 0.15) is 31.7 Å². The van der Waals surface area contributed by atoms with Crippen LogP contribution in [0.25, 0.3) is 21.3 Å². The van der Waals surface area contributed by atoms with Crippen molar-refractivity contribution in [1.82, 2.24) is 9.97 Å². The molecule has 0 aliphatic rings. The van der Waals surface area contributed by atoms with Gasteiger partial charge in [0.2, 0.25) is 0 Å². The molecule has 3 aromatic rings. The molecule has 0 aliphatic heterocycles. The lowest BCUT2D eigenvalue weighted by atomic mass is 9.99. The van der Waals surface area contributed by atoms with Crippen molar-refractivity contribution in [3.05, 3.63) is 41.5 Å². The van der Waals surface area contributed by atoms with Crippen molar-refractivity contribution in [2.45, 2.75) is 26.2 Å². The second kappa shape index (κ2) is 8.27. The Morgan fingerprint density at radius 1 is 1.24 bits per heavy atom. The van der Waals surface area contributed by atoms with Gasteiger partial charge in [0.1, 0.15) is 17.0 Å². The highest BCUT2D eigenvalue weighted by Crippen LogP contribution is 2.36. The third-order valence-electron chi connectivity index (χ3n) is 3.89. The third kappa shape index (κ3) is 4.27. The number of rotatable bonds is 6. The Morgan fingerprint density at radius 2 is 1.96 bits per heavy atom. The largest absolute Gasteiger partial charge is 0.481 e. The molecular weight excluding hydrogens is 358 g/mol. The van der Waals surface area contributed by atoms with Gasteiger partial charge >= 0.3 is 5.97 Å². The van der Waals surface area contributed by atoms with Crippen LogP contribution in [0.3, 0.4) is 0 Å². The Bertz CT molecular complexity index is 862. The zero-order chi connectivity index (χ0) is 17.1. The van der Waals surface area contributed by atoms with Gasteiger partial charge in [0.25, 0.3) is 0 Å². The minimum absolute atomic E-state index is 0. The van der Waals surface area contributed by atoms with Crippen LogP contribution in [0, 0.1) is 0 Å². The molecule has 0 atom stereocenters. The third-order valence-corrected chi connectivity index (χ3v) is 4.78. The summed E-state index contributed by atoms with van der Waals surface area (Å²) in [5.74, 6) is 0.350. The van der Waals surface area contributed by atoms with E-state index in [0.29, 0.717) is 18.3 Å². The molecule has 1 aromatic carbocycles. The number of aliphatic carboxylic acids is 1. The normalized spacial score (nSPS) is 10.7. The first-order valence-corrected chi connectivity index (χ1v) is 8.72. The topological polar surface area (TPSA) is 75.1 Å². The number of benzene rings is 1. The number of nitrogens with zero attached hydrogens (tertiary/aromatic N) is 2. The van der Waals surface area contributed by atoms with E-state index in [0.717, 1.165) is 21.3 Å². The van der Waals surface area contributed by atoms with Gasteiger partial charge in [0.15, 0.2) is 0 Å². The number of carboxylic acid groups (broad SMARTS) is 1. The smallest absolute Gasteiger partial charge is 0.305 e. The van der Waals surface area contributed by atoms with Gasteiger partial charge in [-0.1, -0.05) is 38.1 Å². The first-order chi connectivity index (χ1) is 11.6. The number of halogens is 1. The monoisotopic (exact) mass is 377 g/mol. The summed E-state index contributed by atoms with van der Waals surface area (Å²) in [5.41, 5.74) is 3.49. The van der Waals surface area contributed by atoms with E-state index in [1.54, 1.807) is 11.3 Å². The van der Waals surface area contributed by atoms with E-state index < -0.39 is 5.97 Å². The molecule has 3 rings (SSSR count).